The fraction of sp³-hybridized carbons (Fsp3) is 0.222. The van der Waals surface area contributed by atoms with E-state index in [9.17, 15) is 0 Å². The molecular formula is C9H14N2O. The van der Waals surface area contributed by atoms with Crippen LogP contribution in [-0.4, -0.2) is 10.0 Å². The van der Waals surface area contributed by atoms with Gasteiger partial charge in [0, 0.05) is 0 Å². The molecule has 0 fully saturated rings. The molecule has 3 heteroatoms. The number of imidazole rings is 1. The highest BCUT2D eigenvalue weighted by atomic mass is 16.0. The van der Waals surface area contributed by atoms with Gasteiger partial charge in [0.05, 0.1) is 0 Å². The molecule has 1 N–H and O–H groups in total. The largest absolute Gasteiger partial charge is 0.870 e. The maximum Gasteiger partial charge on any atom is 0.244 e. The van der Waals surface area contributed by atoms with Crippen LogP contribution in [0.5, 0.6) is 0 Å². The van der Waals surface area contributed by atoms with Gasteiger partial charge in [-0.2, -0.15) is 0 Å². The molecule has 0 saturated heterocycles. The Kier molecular flexibility index (Phi) is 4.72. The summed E-state index contributed by atoms with van der Waals surface area (Å²) in [6.45, 7) is 9.05. The summed E-state index contributed by atoms with van der Waals surface area (Å²) in [5, 5.41) is 0. The first-order valence-electron chi connectivity index (χ1n) is 3.63. The minimum atomic E-state index is 0. The summed E-state index contributed by atoms with van der Waals surface area (Å²) in [6.07, 6.45) is 9.82. The molecular weight excluding hydrogens is 152 g/mol. The minimum absolute atomic E-state index is 0. The van der Waals surface area contributed by atoms with Crippen LogP contribution < -0.4 is 4.57 Å². The van der Waals surface area contributed by atoms with Gasteiger partial charge in [-0.15, -0.1) is 0 Å². The summed E-state index contributed by atoms with van der Waals surface area (Å²) in [4.78, 5) is 0. The zero-order valence-corrected chi connectivity index (χ0v) is 7.06. The smallest absolute Gasteiger partial charge is 0.244 e. The van der Waals surface area contributed by atoms with Crippen LogP contribution >= 0.6 is 0 Å². The summed E-state index contributed by atoms with van der Waals surface area (Å²) in [5.41, 5.74) is 0. The van der Waals surface area contributed by atoms with Gasteiger partial charge in [-0.1, -0.05) is 25.3 Å². The van der Waals surface area contributed by atoms with Crippen LogP contribution in [0.3, 0.4) is 0 Å². The molecule has 1 aromatic heterocycles. The van der Waals surface area contributed by atoms with Crippen molar-refractivity contribution in [3.8, 4) is 0 Å². The lowest BCUT2D eigenvalue weighted by Gasteiger charge is -1.86. The maximum absolute atomic E-state index is 3.66. The zero-order chi connectivity index (χ0) is 8.10. The van der Waals surface area contributed by atoms with Crippen molar-refractivity contribution in [3.63, 3.8) is 0 Å². The molecule has 66 valence electrons. The Labute approximate surface area is 72.6 Å². The van der Waals surface area contributed by atoms with E-state index in [1.165, 1.54) is 0 Å². The van der Waals surface area contributed by atoms with Crippen molar-refractivity contribution in [3.05, 3.63) is 44.0 Å². The van der Waals surface area contributed by atoms with Gasteiger partial charge < -0.3 is 5.48 Å². The van der Waals surface area contributed by atoms with Gasteiger partial charge >= 0.3 is 0 Å². The Hall–Kier alpha value is -1.35. The van der Waals surface area contributed by atoms with Crippen molar-refractivity contribution < 1.29 is 10.0 Å². The predicted octanol–water partition coefficient (Wildman–Crippen LogP) is 0.971. The van der Waals surface area contributed by atoms with E-state index in [0.717, 1.165) is 13.1 Å². The quantitative estimate of drug-likeness (QED) is 0.485. The van der Waals surface area contributed by atoms with Gasteiger partial charge in [-0.3, -0.25) is 0 Å². The van der Waals surface area contributed by atoms with Crippen LogP contribution in [0.2, 0.25) is 0 Å². The molecule has 0 bridgehead atoms. The molecule has 0 aliphatic heterocycles. The van der Waals surface area contributed by atoms with E-state index >= 15 is 0 Å². The third-order valence-electron chi connectivity index (χ3n) is 1.43. The summed E-state index contributed by atoms with van der Waals surface area (Å²) in [6, 6.07) is 0. The number of allylic oxidation sites excluding steroid dienone is 2. The fourth-order valence-electron chi connectivity index (χ4n) is 0.953. The Morgan fingerprint density at radius 3 is 2.67 bits per heavy atom. The van der Waals surface area contributed by atoms with E-state index in [-0.39, 0.29) is 5.48 Å². The van der Waals surface area contributed by atoms with E-state index in [2.05, 4.69) is 22.3 Å². The third-order valence-corrected chi connectivity index (χ3v) is 1.43. The van der Waals surface area contributed by atoms with Gasteiger partial charge in [0.2, 0.25) is 6.33 Å². The van der Waals surface area contributed by atoms with Crippen LogP contribution in [0.4, 0.5) is 0 Å². The van der Waals surface area contributed by atoms with Gasteiger partial charge in [0.1, 0.15) is 25.5 Å². The molecule has 0 amide bonds. The lowest BCUT2D eigenvalue weighted by Crippen LogP contribution is -2.29. The van der Waals surface area contributed by atoms with Crippen LogP contribution in [0.1, 0.15) is 0 Å². The summed E-state index contributed by atoms with van der Waals surface area (Å²) in [7, 11) is 0. The Balaban J connectivity index is 0.00000121. The third kappa shape index (κ3) is 2.72. The van der Waals surface area contributed by atoms with Crippen LogP contribution in [0.15, 0.2) is 44.0 Å². The molecule has 0 radical (unpaired) electrons. The molecule has 0 unspecified atom stereocenters. The van der Waals surface area contributed by atoms with Crippen molar-refractivity contribution in [2.45, 2.75) is 13.1 Å². The SMILES string of the molecule is C=CCn1cc[n+](CC=C)c1.[OH-]. The van der Waals surface area contributed by atoms with E-state index in [1.54, 1.807) is 0 Å². The number of hydrogen-bond acceptors (Lipinski definition) is 1. The standard InChI is InChI=1S/C9H13N2.H2O/c1-3-5-10-7-8-11(9-10)6-4-2;/h3-4,7-9H,1-2,5-6H2;1H2/q+1;/p-1. The van der Waals surface area contributed by atoms with E-state index in [1.807, 2.05) is 30.9 Å². The lowest BCUT2D eigenvalue weighted by molar-refractivity contribution is -0.686. The van der Waals surface area contributed by atoms with E-state index in [4.69, 9.17) is 0 Å². The Morgan fingerprint density at radius 1 is 1.33 bits per heavy atom. The van der Waals surface area contributed by atoms with Crippen molar-refractivity contribution in [2.24, 2.45) is 0 Å². The first-order valence-corrected chi connectivity index (χ1v) is 3.63. The number of rotatable bonds is 4. The van der Waals surface area contributed by atoms with E-state index in [0.29, 0.717) is 0 Å². The predicted molar refractivity (Wildman–Crippen MR) is 47.0 cm³/mol. The summed E-state index contributed by atoms with van der Waals surface area (Å²) >= 11 is 0. The minimum Gasteiger partial charge on any atom is -0.870 e. The number of nitrogens with zero attached hydrogens (tertiary/aromatic N) is 2. The highest BCUT2D eigenvalue weighted by molar-refractivity contribution is 4.74. The first-order chi connectivity index (χ1) is 5.36. The molecule has 1 heterocycles. The molecule has 1 aromatic rings. The molecule has 1 rings (SSSR count). The molecule has 0 aromatic carbocycles. The van der Waals surface area contributed by atoms with Crippen molar-refractivity contribution in [1.29, 1.82) is 0 Å². The Morgan fingerprint density at radius 2 is 2.08 bits per heavy atom. The molecule has 0 aliphatic carbocycles. The van der Waals surface area contributed by atoms with Gasteiger partial charge in [-0.05, 0) is 0 Å². The van der Waals surface area contributed by atoms with Gasteiger partial charge in [0.25, 0.3) is 0 Å². The topological polar surface area (TPSA) is 38.8 Å². The fourth-order valence-corrected chi connectivity index (χ4v) is 0.953. The second-order valence-corrected chi connectivity index (χ2v) is 2.38. The molecule has 0 atom stereocenters. The zero-order valence-electron chi connectivity index (χ0n) is 7.06. The maximum atomic E-state index is 3.66. The highest BCUT2D eigenvalue weighted by Crippen LogP contribution is 1.84. The highest BCUT2D eigenvalue weighted by Gasteiger charge is 1.97. The monoisotopic (exact) mass is 166 g/mol. The van der Waals surface area contributed by atoms with Crippen molar-refractivity contribution >= 4 is 0 Å². The van der Waals surface area contributed by atoms with Gasteiger partial charge in [0.15, 0.2) is 0 Å². The average molecular weight is 166 g/mol. The molecule has 0 aliphatic rings. The lowest BCUT2D eigenvalue weighted by atomic mass is 10.6. The second-order valence-electron chi connectivity index (χ2n) is 2.38. The summed E-state index contributed by atoms with van der Waals surface area (Å²) in [5.74, 6) is 0. The molecule has 3 nitrogen and oxygen atoms in total. The number of hydrogen-bond donors (Lipinski definition) is 0. The van der Waals surface area contributed by atoms with Gasteiger partial charge in [-0.25, -0.2) is 9.13 Å². The van der Waals surface area contributed by atoms with Crippen LogP contribution in [0, 0.1) is 0 Å². The molecule has 0 saturated carbocycles. The molecule has 0 spiro atoms. The summed E-state index contributed by atoms with van der Waals surface area (Å²) < 4.78 is 4.13. The first kappa shape index (κ1) is 10.7. The normalized spacial score (nSPS) is 8.67. The average Bonchev–Trinajstić information content (AvgIpc) is 2.38. The van der Waals surface area contributed by atoms with Crippen molar-refractivity contribution in [1.82, 2.24) is 4.57 Å². The Bertz CT molecular complexity index is 228. The molecule has 12 heavy (non-hydrogen) atoms. The second kappa shape index (κ2) is 5.32. The van der Waals surface area contributed by atoms with E-state index < -0.39 is 0 Å². The van der Waals surface area contributed by atoms with Crippen molar-refractivity contribution in [2.75, 3.05) is 0 Å². The van der Waals surface area contributed by atoms with Crippen LogP contribution in [-0.2, 0) is 13.1 Å². The number of aromatic nitrogens is 2. The van der Waals surface area contributed by atoms with Crippen LogP contribution in [0.25, 0.3) is 0 Å².